The number of nitrogens with zero attached hydrogens (tertiary/aromatic N) is 1. The maximum atomic E-state index is 12.9. The zero-order valence-corrected chi connectivity index (χ0v) is 15.7. The lowest BCUT2D eigenvalue weighted by Crippen LogP contribution is -2.45. The molecule has 1 heterocycles. The van der Waals surface area contributed by atoms with Crippen molar-refractivity contribution in [3.05, 3.63) is 45.1 Å². The van der Waals surface area contributed by atoms with Gasteiger partial charge in [-0.2, -0.15) is 0 Å². The molecule has 0 radical (unpaired) electrons. The van der Waals surface area contributed by atoms with Gasteiger partial charge in [-0.1, -0.05) is 19.4 Å². The number of ether oxygens (including phenoxy) is 1. The van der Waals surface area contributed by atoms with E-state index in [1.807, 2.05) is 0 Å². The number of nitro groups is 1. The van der Waals surface area contributed by atoms with Gasteiger partial charge in [-0.15, -0.1) is 0 Å². The molecule has 0 unspecified atom stereocenters. The number of carbonyl (C=O) groups is 2. The minimum Gasteiger partial charge on any atom is -0.502 e. The number of aromatic hydroxyl groups is 1. The Morgan fingerprint density at radius 3 is 2.79 bits per heavy atom. The van der Waals surface area contributed by atoms with Crippen LogP contribution >= 0.6 is 0 Å². The number of benzene rings is 1. The van der Waals surface area contributed by atoms with Gasteiger partial charge < -0.3 is 20.5 Å². The third-order valence-corrected chi connectivity index (χ3v) is 5.18. The highest BCUT2D eigenvalue weighted by atomic mass is 16.6. The highest BCUT2D eigenvalue weighted by molar-refractivity contribution is 5.95. The van der Waals surface area contributed by atoms with Crippen LogP contribution in [0.2, 0.25) is 0 Å². The molecule has 2 aliphatic rings. The van der Waals surface area contributed by atoms with Gasteiger partial charge in [0.1, 0.15) is 6.10 Å². The number of phenols is 1. The molecule has 9 nitrogen and oxygen atoms in total. The summed E-state index contributed by atoms with van der Waals surface area (Å²) in [4.78, 5) is 35.3. The monoisotopic (exact) mass is 389 g/mol. The Balaban J connectivity index is 1.91. The fourth-order valence-corrected chi connectivity index (χ4v) is 3.78. The van der Waals surface area contributed by atoms with E-state index in [-0.39, 0.29) is 11.7 Å². The lowest BCUT2D eigenvalue weighted by atomic mass is 9.88. The molecule has 0 bridgehead atoms. The van der Waals surface area contributed by atoms with Gasteiger partial charge in [0, 0.05) is 11.8 Å². The molecular weight excluding hydrogens is 366 g/mol. The van der Waals surface area contributed by atoms with E-state index in [9.17, 15) is 24.8 Å². The smallest absolute Gasteiger partial charge is 0.338 e. The Morgan fingerprint density at radius 2 is 2.11 bits per heavy atom. The number of esters is 1. The third-order valence-electron chi connectivity index (χ3n) is 5.18. The molecule has 1 aliphatic heterocycles. The Bertz CT molecular complexity index is 850. The zero-order chi connectivity index (χ0) is 20.4. The lowest BCUT2D eigenvalue weighted by Gasteiger charge is -2.31. The average Bonchev–Trinajstić information content (AvgIpc) is 2.61. The van der Waals surface area contributed by atoms with Crippen LogP contribution in [0.4, 0.5) is 10.5 Å². The third kappa shape index (κ3) is 4.08. The van der Waals surface area contributed by atoms with Crippen molar-refractivity contribution in [3.8, 4) is 5.75 Å². The molecule has 1 aromatic rings. The Morgan fingerprint density at radius 1 is 1.36 bits per heavy atom. The predicted octanol–water partition coefficient (Wildman–Crippen LogP) is 3.05. The van der Waals surface area contributed by atoms with Gasteiger partial charge in [0.15, 0.2) is 5.75 Å². The van der Waals surface area contributed by atoms with Crippen LogP contribution in [0, 0.1) is 16.0 Å². The number of allylic oxidation sites excluding steroid dienone is 1. The number of nitrogens with one attached hydrogen (secondary N) is 2. The Kier molecular flexibility index (Phi) is 5.53. The van der Waals surface area contributed by atoms with E-state index in [1.54, 1.807) is 6.92 Å². The number of phenolic OH excluding ortho intramolecular Hbond substituents is 1. The Hall–Kier alpha value is -3.10. The van der Waals surface area contributed by atoms with E-state index in [0.717, 1.165) is 31.7 Å². The SMILES string of the molecule is CC1=C(C(=O)O[C@H]2CCC[C@@H](C)C2)[C@@H](c2ccc(O)c([N+](=O)[O-])c2)NC(=O)N1. The molecule has 0 saturated heterocycles. The van der Waals surface area contributed by atoms with Crippen LogP contribution in [0.1, 0.15) is 51.1 Å². The largest absolute Gasteiger partial charge is 0.502 e. The van der Waals surface area contributed by atoms with Crippen LogP contribution < -0.4 is 10.6 Å². The summed E-state index contributed by atoms with van der Waals surface area (Å²) in [6, 6.07) is 2.31. The van der Waals surface area contributed by atoms with Crippen LogP contribution in [-0.2, 0) is 9.53 Å². The maximum Gasteiger partial charge on any atom is 0.338 e. The molecule has 0 aromatic heterocycles. The minimum atomic E-state index is -0.915. The zero-order valence-electron chi connectivity index (χ0n) is 15.7. The quantitative estimate of drug-likeness (QED) is 0.412. The fraction of sp³-hybridized carbons (Fsp3) is 0.474. The summed E-state index contributed by atoms with van der Waals surface area (Å²) in [5.74, 6) is -0.582. The van der Waals surface area contributed by atoms with E-state index in [4.69, 9.17) is 4.74 Å². The fourth-order valence-electron chi connectivity index (χ4n) is 3.78. The van der Waals surface area contributed by atoms with Crippen LogP contribution in [0.25, 0.3) is 0 Å². The number of nitro benzene ring substituents is 1. The number of hydrogen-bond acceptors (Lipinski definition) is 6. The first-order valence-corrected chi connectivity index (χ1v) is 9.22. The normalized spacial score (nSPS) is 24.9. The molecule has 0 spiro atoms. The minimum absolute atomic E-state index is 0.191. The molecule has 3 rings (SSSR count). The van der Waals surface area contributed by atoms with Crippen molar-refractivity contribution in [2.75, 3.05) is 0 Å². The van der Waals surface area contributed by atoms with Crippen molar-refractivity contribution in [1.29, 1.82) is 0 Å². The van der Waals surface area contributed by atoms with Gasteiger partial charge in [-0.25, -0.2) is 9.59 Å². The number of carbonyl (C=O) groups excluding carboxylic acids is 2. The van der Waals surface area contributed by atoms with Crippen molar-refractivity contribution in [3.63, 3.8) is 0 Å². The van der Waals surface area contributed by atoms with Crippen LogP contribution in [0.5, 0.6) is 5.75 Å². The van der Waals surface area contributed by atoms with Crippen LogP contribution in [0.15, 0.2) is 29.5 Å². The molecule has 3 N–H and O–H groups in total. The van der Waals surface area contributed by atoms with Gasteiger partial charge in [-0.3, -0.25) is 10.1 Å². The molecule has 1 fully saturated rings. The van der Waals surface area contributed by atoms with E-state index in [0.29, 0.717) is 17.2 Å². The molecule has 9 heteroatoms. The van der Waals surface area contributed by atoms with Crippen LogP contribution in [-0.4, -0.2) is 28.1 Å². The predicted molar refractivity (Wildman–Crippen MR) is 99.4 cm³/mol. The van der Waals surface area contributed by atoms with E-state index in [1.165, 1.54) is 12.1 Å². The standard InChI is InChI=1S/C19H23N3O6/c1-10-4-3-5-13(8-10)28-18(24)16-11(2)20-19(25)21-17(16)12-6-7-15(23)14(9-12)22(26)27/h6-7,9-10,13,17,23H,3-5,8H2,1-2H3,(H2,20,21,25)/t10-,13+,17-/m1/s1. The molecule has 1 saturated carbocycles. The number of rotatable bonds is 4. The summed E-state index contributed by atoms with van der Waals surface area (Å²) in [5.41, 5.74) is 0.329. The molecule has 2 amide bonds. The lowest BCUT2D eigenvalue weighted by molar-refractivity contribution is -0.385. The second kappa shape index (κ2) is 7.87. The van der Waals surface area contributed by atoms with Crippen molar-refractivity contribution in [1.82, 2.24) is 10.6 Å². The molecule has 3 atom stereocenters. The van der Waals surface area contributed by atoms with Crippen LogP contribution in [0.3, 0.4) is 0 Å². The Labute approximate surface area is 161 Å². The van der Waals surface area contributed by atoms with Gasteiger partial charge in [0.2, 0.25) is 0 Å². The first-order valence-electron chi connectivity index (χ1n) is 9.22. The summed E-state index contributed by atoms with van der Waals surface area (Å²) in [6.45, 7) is 3.70. The second-order valence-corrected chi connectivity index (χ2v) is 7.37. The maximum absolute atomic E-state index is 12.9. The van der Waals surface area contributed by atoms with E-state index < -0.39 is 34.4 Å². The molecular formula is C19H23N3O6. The van der Waals surface area contributed by atoms with Crippen molar-refractivity contribution < 1.29 is 24.4 Å². The number of hydrogen-bond donors (Lipinski definition) is 3. The summed E-state index contributed by atoms with van der Waals surface area (Å²) in [6.07, 6.45) is 3.47. The van der Waals surface area contributed by atoms with Crippen molar-refractivity contribution in [2.24, 2.45) is 5.92 Å². The van der Waals surface area contributed by atoms with Gasteiger partial charge in [-0.05, 0) is 43.7 Å². The van der Waals surface area contributed by atoms with Crippen molar-refractivity contribution in [2.45, 2.75) is 51.7 Å². The van der Waals surface area contributed by atoms with E-state index >= 15 is 0 Å². The highest BCUT2D eigenvalue weighted by Gasteiger charge is 2.35. The summed E-state index contributed by atoms with van der Waals surface area (Å²) < 4.78 is 5.69. The van der Waals surface area contributed by atoms with Gasteiger partial charge >= 0.3 is 17.7 Å². The summed E-state index contributed by atoms with van der Waals surface area (Å²) in [5, 5.41) is 26.0. The first kappa shape index (κ1) is 19.7. The molecule has 150 valence electrons. The summed E-state index contributed by atoms with van der Waals surface area (Å²) in [7, 11) is 0. The highest BCUT2D eigenvalue weighted by Crippen LogP contribution is 2.34. The molecule has 1 aromatic carbocycles. The number of urea groups is 1. The average molecular weight is 389 g/mol. The first-order chi connectivity index (χ1) is 13.3. The van der Waals surface area contributed by atoms with Gasteiger partial charge in [0.25, 0.3) is 0 Å². The van der Waals surface area contributed by atoms with Crippen molar-refractivity contribution >= 4 is 17.7 Å². The van der Waals surface area contributed by atoms with Gasteiger partial charge in [0.05, 0.1) is 16.5 Å². The topological polar surface area (TPSA) is 131 Å². The second-order valence-electron chi connectivity index (χ2n) is 7.37. The van der Waals surface area contributed by atoms with E-state index in [2.05, 4.69) is 17.6 Å². The molecule has 28 heavy (non-hydrogen) atoms. The molecule has 1 aliphatic carbocycles. The summed E-state index contributed by atoms with van der Waals surface area (Å²) >= 11 is 0. The number of amides is 2.